The Morgan fingerprint density at radius 2 is 0.727 bits per heavy atom. The van der Waals surface area contributed by atoms with Crippen LogP contribution in [0.2, 0.25) is 0 Å². The Balaban J connectivity index is 2.91. The summed E-state index contributed by atoms with van der Waals surface area (Å²) < 4.78 is 0. The van der Waals surface area contributed by atoms with Crippen molar-refractivity contribution in [2.75, 3.05) is 0 Å². The van der Waals surface area contributed by atoms with Gasteiger partial charge in [0, 0.05) is 0 Å². The van der Waals surface area contributed by atoms with Crippen LogP contribution >= 0.6 is 0 Å². The molecule has 0 aromatic rings. The van der Waals surface area contributed by atoms with Crippen LogP contribution in [0.15, 0.2) is 0 Å². The van der Waals surface area contributed by atoms with E-state index in [1.165, 1.54) is 116 Å². The molecule has 0 rings (SSSR count). The van der Waals surface area contributed by atoms with Gasteiger partial charge in [-0.2, -0.15) is 0 Å². The van der Waals surface area contributed by atoms with Crippen molar-refractivity contribution in [3.63, 3.8) is 0 Å². The highest BCUT2D eigenvalue weighted by Gasteiger charge is 1.94. The molecule has 0 bridgehead atoms. The van der Waals surface area contributed by atoms with Gasteiger partial charge < -0.3 is 0 Å². The molecule has 22 heavy (non-hydrogen) atoms. The molecule has 0 heteroatoms. The molecule has 0 aliphatic rings. The van der Waals surface area contributed by atoms with E-state index in [2.05, 4.69) is 20.3 Å². The minimum absolute atomic E-state index is 1.12. The molecule has 0 atom stereocenters. The van der Waals surface area contributed by atoms with Crippen LogP contribution in [0.1, 0.15) is 129 Å². The average molecular weight is 309 g/mol. The van der Waals surface area contributed by atoms with Gasteiger partial charge in [0.2, 0.25) is 0 Å². The van der Waals surface area contributed by atoms with Crippen LogP contribution in [-0.4, -0.2) is 0 Å². The summed E-state index contributed by atoms with van der Waals surface area (Å²) in [5.41, 5.74) is 0. The lowest BCUT2D eigenvalue weighted by Crippen LogP contribution is -1.84. The second-order valence-corrected chi connectivity index (χ2v) is 7.06. The van der Waals surface area contributed by atoms with E-state index >= 15 is 0 Å². The first-order valence-corrected chi connectivity index (χ1v) is 10.5. The zero-order valence-corrected chi connectivity index (χ0v) is 15.7. The maximum atomic E-state index is 3.90. The summed E-state index contributed by atoms with van der Waals surface area (Å²) in [5.74, 6) is 0. The molecule has 0 aliphatic heterocycles. The molecule has 0 N–H and O–H groups in total. The molecule has 0 nitrogen and oxygen atoms in total. The van der Waals surface area contributed by atoms with Gasteiger partial charge >= 0.3 is 0 Å². The third kappa shape index (κ3) is 20.0. The van der Waals surface area contributed by atoms with Crippen LogP contribution in [0.4, 0.5) is 0 Å². The van der Waals surface area contributed by atoms with Crippen molar-refractivity contribution in [2.45, 2.75) is 129 Å². The standard InChI is InChI=1S/C22H44/c1-3-5-7-9-11-13-15-17-19-21-22-20-18-16-14-12-10-8-6-4-2/h4H,1,3,5-22H2,2H3. The first-order chi connectivity index (χ1) is 10.9. The predicted molar refractivity (Wildman–Crippen MR) is 103 cm³/mol. The normalized spacial score (nSPS) is 11.2. The van der Waals surface area contributed by atoms with Crippen LogP contribution in [0.3, 0.4) is 0 Å². The molecule has 0 heterocycles. The quantitative estimate of drug-likeness (QED) is 0.210. The molecule has 0 fully saturated rings. The van der Waals surface area contributed by atoms with Gasteiger partial charge in [-0.1, -0.05) is 136 Å². The first-order valence-electron chi connectivity index (χ1n) is 10.5. The fourth-order valence-corrected chi connectivity index (χ4v) is 3.18. The van der Waals surface area contributed by atoms with E-state index < -0.39 is 0 Å². The molecule has 0 saturated carbocycles. The van der Waals surface area contributed by atoms with Crippen molar-refractivity contribution < 1.29 is 0 Å². The monoisotopic (exact) mass is 308 g/mol. The van der Waals surface area contributed by atoms with Crippen molar-refractivity contribution in [1.29, 1.82) is 0 Å². The molecule has 0 spiro atoms. The topological polar surface area (TPSA) is 0 Å². The Hall–Kier alpha value is 0. The molecule has 0 aromatic carbocycles. The summed E-state index contributed by atoms with van der Waals surface area (Å²) in [7, 11) is 0. The molecule has 0 unspecified atom stereocenters. The molecule has 0 amide bonds. The van der Waals surface area contributed by atoms with Gasteiger partial charge in [-0.25, -0.2) is 0 Å². The van der Waals surface area contributed by atoms with Crippen LogP contribution in [0.5, 0.6) is 0 Å². The van der Waals surface area contributed by atoms with Crippen LogP contribution in [0, 0.1) is 13.3 Å². The van der Waals surface area contributed by atoms with E-state index in [1.54, 1.807) is 0 Å². The van der Waals surface area contributed by atoms with Crippen molar-refractivity contribution in [3.05, 3.63) is 13.3 Å². The SMILES string of the molecule is [CH2]CCCCCCCCCCCCCCCCCCC[CH]C. The zero-order chi connectivity index (χ0) is 16.1. The van der Waals surface area contributed by atoms with Gasteiger partial charge in [0.15, 0.2) is 0 Å². The van der Waals surface area contributed by atoms with Crippen molar-refractivity contribution in [1.82, 2.24) is 0 Å². The fraction of sp³-hybridized carbons (Fsp3) is 0.909. The van der Waals surface area contributed by atoms with Crippen LogP contribution < -0.4 is 0 Å². The number of hydrogen-bond acceptors (Lipinski definition) is 0. The summed E-state index contributed by atoms with van der Waals surface area (Å²) in [6.07, 6.45) is 29.4. The van der Waals surface area contributed by atoms with Crippen LogP contribution in [0.25, 0.3) is 0 Å². The highest BCUT2D eigenvalue weighted by atomic mass is 14.0. The molecule has 0 saturated heterocycles. The van der Waals surface area contributed by atoms with Gasteiger partial charge in [-0.3, -0.25) is 0 Å². The smallest absolute Gasteiger partial charge is 0.0417 e. The van der Waals surface area contributed by atoms with E-state index in [9.17, 15) is 0 Å². The average Bonchev–Trinajstić information content (AvgIpc) is 2.54. The Kier molecular flexibility index (Phi) is 21.0. The van der Waals surface area contributed by atoms with Gasteiger partial charge in [0.1, 0.15) is 0 Å². The largest absolute Gasteiger partial charge is 0.0623 e. The molecule has 0 aromatic heterocycles. The molecule has 2 radical (unpaired) electrons. The second kappa shape index (κ2) is 21.0. The second-order valence-electron chi connectivity index (χ2n) is 7.06. The minimum Gasteiger partial charge on any atom is -0.0623 e. The fourth-order valence-electron chi connectivity index (χ4n) is 3.18. The van der Waals surface area contributed by atoms with Gasteiger partial charge in [0.25, 0.3) is 0 Å². The van der Waals surface area contributed by atoms with Gasteiger partial charge in [-0.05, 0) is 6.42 Å². The van der Waals surface area contributed by atoms with E-state index in [-0.39, 0.29) is 0 Å². The van der Waals surface area contributed by atoms with Crippen molar-refractivity contribution in [3.8, 4) is 0 Å². The first kappa shape index (κ1) is 22.0. The third-order valence-electron chi connectivity index (χ3n) is 4.74. The highest BCUT2D eigenvalue weighted by molar-refractivity contribution is 4.56. The summed E-state index contributed by atoms with van der Waals surface area (Å²) >= 11 is 0. The Labute approximate surface area is 142 Å². The van der Waals surface area contributed by atoms with E-state index in [1.807, 2.05) is 0 Å². The lowest BCUT2D eigenvalue weighted by atomic mass is 10.0. The number of hydrogen-bond donors (Lipinski definition) is 0. The Bertz CT molecular complexity index is 153. The molecular weight excluding hydrogens is 264 g/mol. The lowest BCUT2D eigenvalue weighted by molar-refractivity contribution is 0.526. The molecule has 132 valence electrons. The Morgan fingerprint density at radius 3 is 1.00 bits per heavy atom. The number of unbranched alkanes of at least 4 members (excludes halogenated alkanes) is 19. The minimum atomic E-state index is 1.12. The predicted octanol–water partition coefficient (Wildman–Crippen LogP) is 8.46. The third-order valence-corrected chi connectivity index (χ3v) is 4.74. The lowest BCUT2D eigenvalue weighted by Gasteiger charge is -2.03. The van der Waals surface area contributed by atoms with Crippen molar-refractivity contribution in [2.24, 2.45) is 0 Å². The van der Waals surface area contributed by atoms with Crippen LogP contribution in [-0.2, 0) is 0 Å². The summed E-state index contributed by atoms with van der Waals surface area (Å²) in [5, 5.41) is 0. The van der Waals surface area contributed by atoms with Gasteiger partial charge in [-0.15, -0.1) is 0 Å². The van der Waals surface area contributed by atoms with Gasteiger partial charge in [0.05, 0.1) is 0 Å². The van der Waals surface area contributed by atoms with E-state index in [0.29, 0.717) is 0 Å². The number of rotatable bonds is 19. The summed E-state index contributed by atoms with van der Waals surface area (Å²) in [4.78, 5) is 0. The summed E-state index contributed by atoms with van der Waals surface area (Å²) in [6.45, 7) is 6.07. The molecule has 0 aliphatic carbocycles. The highest BCUT2D eigenvalue weighted by Crippen LogP contribution is 2.14. The maximum absolute atomic E-state index is 3.90. The molecular formula is C22H44. The van der Waals surface area contributed by atoms with E-state index in [4.69, 9.17) is 0 Å². The van der Waals surface area contributed by atoms with E-state index in [0.717, 1.165) is 6.42 Å². The van der Waals surface area contributed by atoms with Crippen molar-refractivity contribution >= 4 is 0 Å². The maximum Gasteiger partial charge on any atom is -0.0417 e. The summed E-state index contributed by atoms with van der Waals surface area (Å²) in [6, 6.07) is 0. The zero-order valence-electron chi connectivity index (χ0n) is 15.7. The Morgan fingerprint density at radius 1 is 0.455 bits per heavy atom.